The van der Waals surface area contributed by atoms with Crippen LogP contribution in [0.2, 0.25) is 0 Å². The van der Waals surface area contributed by atoms with E-state index in [1.807, 2.05) is 0 Å². The number of rotatable bonds is 0. The first-order chi connectivity index (χ1) is 6.75. The van der Waals surface area contributed by atoms with Crippen LogP contribution < -0.4 is 4.74 Å². The molecule has 1 aromatic carbocycles. The Labute approximate surface area is 91.8 Å². The van der Waals surface area contributed by atoms with Gasteiger partial charge in [0.05, 0.1) is 16.8 Å². The van der Waals surface area contributed by atoms with Crippen LogP contribution in [0.3, 0.4) is 0 Å². The molecule has 1 aliphatic heterocycles. The van der Waals surface area contributed by atoms with Crippen molar-refractivity contribution in [1.82, 2.24) is 4.98 Å². The van der Waals surface area contributed by atoms with Crippen molar-refractivity contribution < 1.29 is 9.13 Å². The molecule has 72 valence electrons. The molecular formula is C9H5BrFNOS. The highest BCUT2D eigenvalue weighted by molar-refractivity contribution is 9.11. The molecule has 14 heavy (non-hydrogen) atoms. The van der Waals surface area contributed by atoms with Gasteiger partial charge in [0.25, 0.3) is 0 Å². The Morgan fingerprint density at radius 1 is 1.57 bits per heavy atom. The molecule has 0 unspecified atom stereocenters. The Morgan fingerprint density at radius 2 is 2.43 bits per heavy atom. The number of benzene rings is 1. The fraction of sp³-hybridized carbons (Fsp3) is 0.222. The molecule has 5 heteroatoms. The van der Waals surface area contributed by atoms with E-state index in [1.165, 1.54) is 17.4 Å². The third-order valence-electron chi connectivity index (χ3n) is 2.25. The third kappa shape index (κ3) is 1.09. The average molecular weight is 274 g/mol. The lowest BCUT2D eigenvalue weighted by atomic mass is 10.1. The number of fused-ring (bicyclic) bond motifs is 3. The lowest BCUT2D eigenvalue weighted by Crippen LogP contribution is -1.88. The number of thiazole rings is 1. The summed E-state index contributed by atoms with van der Waals surface area (Å²) in [5, 5.41) is 0. The quantitative estimate of drug-likeness (QED) is 0.736. The summed E-state index contributed by atoms with van der Waals surface area (Å²) in [5.41, 5.74) is 1.67. The molecule has 1 aromatic heterocycles. The smallest absolute Gasteiger partial charge is 0.167 e. The fourth-order valence-electron chi connectivity index (χ4n) is 1.69. The van der Waals surface area contributed by atoms with Crippen molar-refractivity contribution in [3.63, 3.8) is 0 Å². The van der Waals surface area contributed by atoms with Gasteiger partial charge in [0.15, 0.2) is 15.5 Å². The molecule has 2 nitrogen and oxygen atoms in total. The number of ether oxygens (including phenoxy) is 1. The maximum atomic E-state index is 13.5. The first kappa shape index (κ1) is 8.61. The fourth-order valence-corrected chi connectivity index (χ4v) is 3.21. The zero-order valence-electron chi connectivity index (χ0n) is 7.01. The van der Waals surface area contributed by atoms with E-state index in [-0.39, 0.29) is 5.82 Å². The van der Waals surface area contributed by atoms with Gasteiger partial charge in [0.1, 0.15) is 0 Å². The Bertz CT molecular complexity index is 525. The SMILES string of the molecule is Fc1cc2nc(Br)sc2c2c1OCC2. The van der Waals surface area contributed by atoms with Gasteiger partial charge in [0.2, 0.25) is 0 Å². The van der Waals surface area contributed by atoms with Crippen LogP contribution >= 0.6 is 27.3 Å². The molecule has 0 spiro atoms. The normalized spacial score (nSPS) is 14.4. The maximum absolute atomic E-state index is 13.5. The Morgan fingerprint density at radius 3 is 3.29 bits per heavy atom. The summed E-state index contributed by atoms with van der Waals surface area (Å²) in [6, 6.07) is 1.43. The molecular weight excluding hydrogens is 269 g/mol. The van der Waals surface area contributed by atoms with E-state index in [0.717, 1.165) is 20.6 Å². The Hall–Kier alpha value is -0.680. The van der Waals surface area contributed by atoms with Crippen LogP contribution in [-0.4, -0.2) is 11.6 Å². The summed E-state index contributed by atoms with van der Waals surface area (Å²) in [7, 11) is 0. The summed E-state index contributed by atoms with van der Waals surface area (Å²) < 4.78 is 20.5. The summed E-state index contributed by atoms with van der Waals surface area (Å²) >= 11 is 4.83. The average Bonchev–Trinajstić information content (AvgIpc) is 2.69. The molecule has 2 heterocycles. The van der Waals surface area contributed by atoms with E-state index in [2.05, 4.69) is 20.9 Å². The van der Waals surface area contributed by atoms with E-state index in [9.17, 15) is 4.39 Å². The largest absolute Gasteiger partial charge is 0.490 e. The summed E-state index contributed by atoms with van der Waals surface area (Å²) in [4.78, 5) is 4.19. The Balaban J connectivity index is 2.45. The minimum Gasteiger partial charge on any atom is -0.490 e. The van der Waals surface area contributed by atoms with Crippen LogP contribution in [0.15, 0.2) is 9.98 Å². The topological polar surface area (TPSA) is 22.1 Å². The molecule has 0 atom stereocenters. The van der Waals surface area contributed by atoms with Crippen molar-refractivity contribution in [2.24, 2.45) is 0 Å². The van der Waals surface area contributed by atoms with Crippen molar-refractivity contribution >= 4 is 37.5 Å². The molecule has 0 aliphatic carbocycles. The van der Waals surface area contributed by atoms with Gasteiger partial charge in [-0.15, -0.1) is 11.3 Å². The number of hydrogen-bond donors (Lipinski definition) is 0. The zero-order valence-corrected chi connectivity index (χ0v) is 9.41. The van der Waals surface area contributed by atoms with Gasteiger partial charge in [-0.3, -0.25) is 0 Å². The van der Waals surface area contributed by atoms with Crippen LogP contribution in [0.25, 0.3) is 10.2 Å². The van der Waals surface area contributed by atoms with Gasteiger partial charge < -0.3 is 4.74 Å². The predicted molar refractivity (Wildman–Crippen MR) is 56.5 cm³/mol. The maximum Gasteiger partial charge on any atom is 0.167 e. The second-order valence-electron chi connectivity index (χ2n) is 3.08. The lowest BCUT2D eigenvalue weighted by Gasteiger charge is -2.00. The molecule has 0 amide bonds. The second-order valence-corrected chi connectivity index (χ2v) is 5.35. The van der Waals surface area contributed by atoms with Crippen LogP contribution in [0.1, 0.15) is 5.56 Å². The van der Waals surface area contributed by atoms with Crippen LogP contribution in [-0.2, 0) is 6.42 Å². The van der Waals surface area contributed by atoms with E-state index in [4.69, 9.17) is 4.74 Å². The molecule has 0 saturated heterocycles. The molecule has 0 fully saturated rings. The van der Waals surface area contributed by atoms with Crippen molar-refractivity contribution in [3.8, 4) is 5.75 Å². The highest BCUT2D eigenvalue weighted by atomic mass is 79.9. The highest BCUT2D eigenvalue weighted by Crippen LogP contribution is 2.39. The minimum absolute atomic E-state index is 0.303. The zero-order chi connectivity index (χ0) is 9.71. The van der Waals surface area contributed by atoms with E-state index in [0.29, 0.717) is 17.9 Å². The van der Waals surface area contributed by atoms with Crippen molar-refractivity contribution in [2.75, 3.05) is 6.61 Å². The molecule has 0 saturated carbocycles. The highest BCUT2D eigenvalue weighted by Gasteiger charge is 2.22. The van der Waals surface area contributed by atoms with Crippen LogP contribution in [0.4, 0.5) is 4.39 Å². The molecule has 0 N–H and O–H groups in total. The van der Waals surface area contributed by atoms with Gasteiger partial charge in [-0.2, -0.15) is 0 Å². The number of nitrogens with zero attached hydrogens (tertiary/aromatic N) is 1. The number of halogens is 2. The first-order valence-electron chi connectivity index (χ1n) is 4.16. The third-order valence-corrected chi connectivity index (χ3v) is 3.84. The van der Waals surface area contributed by atoms with Crippen molar-refractivity contribution in [2.45, 2.75) is 6.42 Å². The van der Waals surface area contributed by atoms with E-state index >= 15 is 0 Å². The van der Waals surface area contributed by atoms with Crippen molar-refractivity contribution in [3.05, 3.63) is 21.4 Å². The number of hydrogen-bond acceptors (Lipinski definition) is 3. The van der Waals surface area contributed by atoms with E-state index in [1.54, 1.807) is 0 Å². The molecule has 0 radical (unpaired) electrons. The molecule has 3 rings (SSSR count). The van der Waals surface area contributed by atoms with Crippen LogP contribution in [0.5, 0.6) is 5.75 Å². The molecule has 2 aromatic rings. The Kier molecular flexibility index (Phi) is 1.79. The lowest BCUT2D eigenvalue weighted by molar-refractivity contribution is 0.339. The minimum atomic E-state index is -0.303. The van der Waals surface area contributed by atoms with Gasteiger partial charge in [-0.05, 0) is 15.9 Å². The standard InChI is InChI=1S/C9H5BrFNOS/c10-9-12-6-3-5(11)7-4(1-2-13-7)8(6)14-9/h3H,1-2H2. The van der Waals surface area contributed by atoms with Crippen LogP contribution in [0, 0.1) is 5.82 Å². The second kappa shape index (κ2) is 2.90. The van der Waals surface area contributed by atoms with E-state index < -0.39 is 0 Å². The summed E-state index contributed by atoms with van der Waals surface area (Å²) in [6.07, 6.45) is 0.776. The summed E-state index contributed by atoms with van der Waals surface area (Å²) in [5.74, 6) is 0.108. The monoisotopic (exact) mass is 273 g/mol. The van der Waals surface area contributed by atoms with Gasteiger partial charge in [-0.1, -0.05) is 0 Å². The molecule has 1 aliphatic rings. The van der Waals surface area contributed by atoms with Gasteiger partial charge in [-0.25, -0.2) is 9.37 Å². The molecule has 0 bridgehead atoms. The van der Waals surface area contributed by atoms with Gasteiger partial charge in [0, 0.05) is 18.1 Å². The number of aromatic nitrogens is 1. The summed E-state index contributed by atoms with van der Waals surface area (Å²) in [6.45, 7) is 0.570. The predicted octanol–water partition coefficient (Wildman–Crippen LogP) is 3.13. The van der Waals surface area contributed by atoms with Crippen molar-refractivity contribution in [1.29, 1.82) is 0 Å². The first-order valence-corrected chi connectivity index (χ1v) is 5.77. The van der Waals surface area contributed by atoms with Gasteiger partial charge >= 0.3 is 0 Å².